The fourth-order valence-electron chi connectivity index (χ4n) is 3.81. The molecule has 3 N–H and O–H groups in total. The van der Waals surface area contributed by atoms with E-state index in [0.717, 1.165) is 37.7 Å². The summed E-state index contributed by atoms with van der Waals surface area (Å²) in [6.07, 6.45) is 1.05. The number of benzene rings is 2. The lowest BCUT2D eigenvalue weighted by Gasteiger charge is -2.05. The summed E-state index contributed by atoms with van der Waals surface area (Å²) in [5, 5.41) is 5.27. The number of H-pyrrole nitrogens is 2. The second kappa shape index (κ2) is 9.90. The van der Waals surface area contributed by atoms with Crippen LogP contribution in [0.5, 0.6) is 0 Å². The number of methoxy groups -OCH3 is 1. The zero-order chi connectivity index (χ0) is 22.7. The van der Waals surface area contributed by atoms with E-state index in [0.29, 0.717) is 36.6 Å². The molecule has 0 spiro atoms. The maximum atomic E-state index is 13.3. The highest BCUT2D eigenvalue weighted by molar-refractivity contribution is 9.10. The summed E-state index contributed by atoms with van der Waals surface area (Å²) >= 11 is 9.64. The first-order chi connectivity index (χ1) is 15.5. The maximum absolute atomic E-state index is 13.3. The van der Waals surface area contributed by atoms with Crippen molar-refractivity contribution in [3.05, 3.63) is 57.5 Å². The lowest BCUT2D eigenvalue weighted by molar-refractivity contribution is -0.121. The van der Waals surface area contributed by atoms with E-state index in [4.69, 9.17) is 16.3 Å². The summed E-state index contributed by atoms with van der Waals surface area (Å²) in [7, 11) is 1.59. The van der Waals surface area contributed by atoms with Crippen LogP contribution in [0.4, 0.5) is 0 Å². The molecule has 0 fully saturated rings. The molecule has 4 rings (SSSR count). The van der Waals surface area contributed by atoms with Gasteiger partial charge in [0.1, 0.15) is 0 Å². The molecule has 0 atom stereocenters. The molecule has 6 nitrogen and oxygen atoms in total. The van der Waals surface area contributed by atoms with Gasteiger partial charge in [0.2, 0.25) is 5.91 Å². The maximum Gasteiger partial charge on any atom is 0.220 e. The van der Waals surface area contributed by atoms with E-state index in [-0.39, 0.29) is 18.1 Å². The van der Waals surface area contributed by atoms with Crippen LogP contribution < -0.4 is 5.32 Å². The van der Waals surface area contributed by atoms with Crippen LogP contribution in [0.25, 0.3) is 33.2 Å². The molecule has 0 saturated heterocycles. The van der Waals surface area contributed by atoms with E-state index in [9.17, 15) is 9.59 Å². The highest BCUT2D eigenvalue weighted by Crippen LogP contribution is 2.34. The van der Waals surface area contributed by atoms with Gasteiger partial charge in [-0.15, -0.1) is 0 Å². The van der Waals surface area contributed by atoms with Crippen molar-refractivity contribution in [1.82, 2.24) is 15.3 Å². The Morgan fingerprint density at radius 1 is 1.06 bits per heavy atom. The zero-order valence-corrected chi connectivity index (χ0v) is 19.9. The average Bonchev–Trinajstić information content (AvgIpc) is 3.34. The third kappa shape index (κ3) is 4.90. The van der Waals surface area contributed by atoms with E-state index in [1.165, 1.54) is 0 Å². The molecule has 0 unspecified atom stereocenters. The van der Waals surface area contributed by atoms with E-state index in [2.05, 4.69) is 31.2 Å². The molecule has 0 radical (unpaired) electrons. The minimum Gasteiger partial charge on any atom is -0.383 e. The molecule has 0 bridgehead atoms. The van der Waals surface area contributed by atoms with Gasteiger partial charge in [-0.25, -0.2) is 0 Å². The Kier molecular flexibility index (Phi) is 6.98. The van der Waals surface area contributed by atoms with Gasteiger partial charge >= 0.3 is 0 Å². The van der Waals surface area contributed by atoms with Crippen molar-refractivity contribution in [2.45, 2.75) is 19.3 Å². The number of hydrogen-bond acceptors (Lipinski definition) is 3. The molecule has 0 aliphatic rings. The number of ether oxygens (including phenoxy) is 1. The fraction of sp³-hybridized carbons (Fsp3) is 0.250. The summed E-state index contributed by atoms with van der Waals surface area (Å²) in [4.78, 5) is 32.0. The van der Waals surface area contributed by atoms with Gasteiger partial charge in [-0.2, -0.15) is 0 Å². The zero-order valence-electron chi connectivity index (χ0n) is 17.6. The normalized spacial score (nSPS) is 11.3. The molecule has 4 aromatic rings. The first-order valence-electron chi connectivity index (χ1n) is 10.3. The van der Waals surface area contributed by atoms with Crippen LogP contribution in [-0.4, -0.2) is 41.9 Å². The summed E-state index contributed by atoms with van der Waals surface area (Å²) in [6.45, 7) is 0.934. The number of carbonyl (C=O) groups excluding carboxylic acids is 2. The molecule has 1 amide bonds. The van der Waals surface area contributed by atoms with Gasteiger partial charge in [-0.05, 0) is 42.8 Å². The number of nitrogens with one attached hydrogen (secondary N) is 3. The van der Waals surface area contributed by atoms with Crippen LogP contribution in [0.1, 0.15) is 29.6 Å². The lowest BCUT2D eigenvalue weighted by Crippen LogP contribution is -2.26. The smallest absolute Gasteiger partial charge is 0.220 e. The van der Waals surface area contributed by atoms with Crippen LogP contribution in [0.2, 0.25) is 5.02 Å². The van der Waals surface area contributed by atoms with Crippen molar-refractivity contribution in [3.8, 4) is 11.4 Å². The summed E-state index contributed by atoms with van der Waals surface area (Å²) in [5.41, 5.74) is 3.99. The van der Waals surface area contributed by atoms with Gasteiger partial charge in [-0.1, -0.05) is 33.6 Å². The van der Waals surface area contributed by atoms with Gasteiger partial charge in [-0.3, -0.25) is 9.59 Å². The van der Waals surface area contributed by atoms with Crippen LogP contribution in [-0.2, 0) is 9.53 Å². The van der Waals surface area contributed by atoms with Gasteiger partial charge < -0.3 is 20.0 Å². The lowest BCUT2D eigenvalue weighted by atomic mass is 10.0. The minimum absolute atomic E-state index is 0.00467. The van der Waals surface area contributed by atoms with Gasteiger partial charge in [0, 0.05) is 57.8 Å². The molecule has 32 heavy (non-hydrogen) atoms. The van der Waals surface area contributed by atoms with Crippen molar-refractivity contribution >= 4 is 61.0 Å². The van der Waals surface area contributed by atoms with E-state index in [1.807, 2.05) is 42.5 Å². The van der Waals surface area contributed by atoms with Gasteiger partial charge in [0.15, 0.2) is 5.78 Å². The fourth-order valence-corrected chi connectivity index (χ4v) is 4.36. The number of aromatic amines is 2. The van der Waals surface area contributed by atoms with Crippen LogP contribution in [0.3, 0.4) is 0 Å². The molecule has 0 saturated carbocycles. The Balaban J connectivity index is 1.62. The summed E-state index contributed by atoms with van der Waals surface area (Å²) in [5.74, 6) is -0.0830. The van der Waals surface area contributed by atoms with E-state index < -0.39 is 0 Å². The number of aromatic nitrogens is 2. The van der Waals surface area contributed by atoms with Crippen molar-refractivity contribution < 1.29 is 14.3 Å². The van der Waals surface area contributed by atoms with E-state index >= 15 is 0 Å². The SMILES string of the molecule is COCCNC(=O)CCCC(=O)c1c(-c2cc3cc(Cl)ccc3[nH]2)[nH]c2cc(Br)ccc12. The Hall–Kier alpha value is -2.61. The Morgan fingerprint density at radius 2 is 1.91 bits per heavy atom. The molecular formula is C24H23BrClN3O3. The topological polar surface area (TPSA) is 87.0 Å². The van der Waals surface area contributed by atoms with Crippen molar-refractivity contribution in [2.24, 2.45) is 0 Å². The number of Topliss-reactive ketones (excluding diaryl/α,β-unsaturated/α-hetero) is 1. The van der Waals surface area contributed by atoms with Crippen molar-refractivity contribution in [3.63, 3.8) is 0 Å². The standard InChI is InChI=1S/C24H23BrClN3O3/c1-32-10-9-27-22(31)4-2-3-21(30)23-17-7-5-15(25)13-19(17)29-24(23)20-12-14-11-16(26)6-8-18(14)28-20/h5-8,11-13,28-29H,2-4,9-10H2,1H3,(H,27,31). The Morgan fingerprint density at radius 3 is 2.72 bits per heavy atom. The monoisotopic (exact) mass is 515 g/mol. The number of halogens is 2. The number of rotatable bonds is 9. The van der Waals surface area contributed by atoms with Crippen molar-refractivity contribution in [2.75, 3.05) is 20.3 Å². The molecular weight excluding hydrogens is 494 g/mol. The first-order valence-corrected chi connectivity index (χ1v) is 11.5. The molecule has 2 aromatic carbocycles. The van der Waals surface area contributed by atoms with Gasteiger partial charge in [0.25, 0.3) is 0 Å². The largest absolute Gasteiger partial charge is 0.383 e. The molecule has 0 aliphatic heterocycles. The van der Waals surface area contributed by atoms with Crippen LogP contribution in [0, 0.1) is 0 Å². The third-order valence-electron chi connectivity index (χ3n) is 5.33. The Bertz CT molecular complexity index is 1290. The molecule has 0 aliphatic carbocycles. The molecule has 8 heteroatoms. The number of amides is 1. The third-order valence-corrected chi connectivity index (χ3v) is 6.06. The second-order valence-electron chi connectivity index (χ2n) is 7.60. The predicted octanol–water partition coefficient (Wildman–Crippen LogP) is 5.85. The summed E-state index contributed by atoms with van der Waals surface area (Å²) < 4.78 is 5.85. The van der Waals surface area contributed by atoms with Crippen molar-refractivity contribution in [1.29, 1.82) is 0 Å². The second-order valence-corrected chi connectivity index (χ2v) is 8.95. The minimum atomic E-state index is -0.0783. The van der Waals surface area contributed by atoms with Gasteiger partial charge in [0.05, 0.1) is 23.6 Å². The number of fused-ring (bicyclic) bond motifs is 2. The molecule has 2 heterocycles. The predicted molar refractivity (Wildman–Crippen MR) is 131 cm³/mol. The average molecular weight is 517 g/mol. The molecule has 2 aromatic heterocycles. The summed E-state index contributed by atoms with van der Waals surface area (Å²) in [6, 6.07) is 13.4. The molecule has 166 valence electrons. The number of hydrogen-bond donors (Lipinski definition) is 3. The quantitative estimate of drug-likeness (QED) is 0.193. The number of carbonyl (C=O) groups is 2. The van der Waals surface area contributed by atoms with Crippen LogP contribution >= 0.6 is 27.5 Å². The van der Waals surface area contributed by atoms with Crippen LogP contribution in [0.15, 0.2) is 46.9 Å². The number of ketones is 1. The van der Waals surface area contributed by atoms with E-state index in [1.54, 1.807) is 7.11 Å². The Labute approximate surface area is 198 Å². The first kappa shape index (κ1) is 22.6. The highest BCUT2D eigenvalue weighted by atomic mass is 79.9. The highest BCUT2D eigenvalue weighted by Gasteiger charge is 2.21.